The number of carbonyl (C=O) groups excluding carboxylic acids is 1. The van der Waals surface area contributed by atoms with Crippen molar-refractivity contribution < 1.29 is 9.18 Å². The molecule has 25 heavy (non-hydrogen) atoms. The van der Waals surface area contributed by atoms with Gasteiger partial charge in [0, 0.05) is 6.54 Å². The molecule has 7 heteroatoms. The number of hydrogen-bond donors (Lipinski definition) is 1. The molecule has 2 aromatic carbocycles. The number of para-hydroxylation sites is 2. The molecule has 0 atom stereocenters. The topological polar surface area (TPSA) is 64.0 Å². The van der Waals surface area contributed by atoms with E-state index in [-0.39, 0.29) is 22.9 Å². The van der Waals surface area contributed by atoms with Gasteiger partial charge in [-0.3, -0.25) is 14.2 Å². The second-order valence-corrected chi connectivity index (χ2v) is 6.22. The van der Waals surface area contributed by atoms with E-state index in [1.54, 1.807) is 30.3 Å². The molecule has 3 aromatic rings. The molecular weight excluding hydrogens is 341 g/mol. The molecule has 1 aromatic heterocycles. The highest BCUT2D eigenvalue weighted by Gasteiger charge is 2.13. The van der Waals surface area contributed by atoms with Crippen molar-refractivity contribution in [3.63, 3.8) is 0 Å². The molecule has 0 aliphatic rings. The van der Waals surface area contributed by atoms with E-state index in [0.29, 0.717) is 22.6 Å². The molecule has 0 saturated carbocycles. The van der Waals surface area contributed by atoms with Gasteiger partial charge in [0.1, 0.15) is 5.82 Å². The van der Waals surface area contributed by atoms with Crippen LogP contribution in [0.3, 0.4) is 0 Å². The highest BCUT2D eigenvalue weighted by atomic mass is 32.2. The zero-order valence-electron chi connectivity index (χ0n) is 13.5. The summed E-state index contributed by atoms with van der Waals surface area (Å²) in [6.07, 6.45) is 0. The molecule has 1 N–H and O–H groups in total. The smallest absolute Gasteiger partial charge is 0.262 e. The van der Waals surface area contributed by atoms with Crippen molar-refractivity contribution in [2.24, 2.45) is 0 Å². The second-order valence-electron chi connectivity index (χ2n) is 5.28. The van der Waals surface area contributed by atoms with Gasteiger partial charge in [-0.15, -0.1) is 0 Å². The number of anilines is 1. The molecule has 0 aliphatic carbocycles. The first kappa shape index (κ1) is 17.2. The number of halogens is 1. The first-order chi connectivity index (χ1) is 12.1. The zero-order valence-corrected chi connectivity index (χ0v) is 14.3. The molecule has 0 fully saturated rings. The third-order valence-electron chi connectivity index (χ3n) is 3.62. The summed E-state index contributed by atoms with van der Waals surface area (Å²) in [5, 5.41) is 3.53. The summed E-state index contributed by atoms with van der Waals surface area (Å²) in [5.74, 6) is -0.825. The molecule has 128 valence electrons. The Morgan fingerprint density at radius 2 is 1.92 bits per heavy atom. The van der Waals surface area contributed by atoms with E-state index in [1.165, 1.54) is 16.7 Å². The van der Waals surface area contributed by atoms with Gasteiger partial charge in [0.15, 0.2) is 5.16 Å². The normalized spacial score (nSPS) is 10.8. The van der Waals surface area contributed by atoms with Gasteiger partial charge in [-0.25, -0.2) is 9.37 Å². The highest BCUT2D eigenvalue weighted by molar-refractivity contribution is 7.99. The van der Waals surface area contributed by atoms with Gasteiger partial charge in [0.2, 0.25) is 5.91 Å². The van der Waals surface area contributed by atoms with Gasteiger partial charge in [0.05, 0.1) is 22.3 Å². The third-order valence-corrected chi connectivity index (χ3v) is 4.60. The number of nitrogens with zero attached hydrogens (tertiary/aromatic N) is 2. The first-order valence-corrected chi connectivity index (χ1v) is 8.75. The number of carbonyl (C=O) groups is 1. The number of hydrogen-bond acceptors (Lipinski definition) is 4. The van der Waals surface area contributed by atoms with Gasteiger partial charge in [-0.05, 0) is 31.2 Å². The molecule has 1 heterocycles. The Morgan fingerprint density at radius 1 is 1.20 bits per heavy atom. The van der Waals surface area contributed by atoms with Crippen molar-refractivity contribution in [3.8, 4) is 0 Å². The molecule has 0 bridgehead atoms. The van der Waals surface area contributed by atoms with Crippen LogP contribution >= 0.6 is 11.8 Å². The fraction of sp³-hybridized carbons (Fsp3) is 0.167. The van der Waals surface area contributed by atoms with Crippen molar-refractivity contribution in [2.45, 2.75) is 18.6 Å². The van der Waals surface area contributed by atoms with Crippen LogP contribution in [0.15, 0.2) is 58.5 Å². The number of nitrogens with one attached hydrogen (secondary N) is 1. The lowest BCUT2D eigenvalue weighted by atomic mass is 10.2. The van der Waals surface area contributed by atoms with Crippen LogP contribution in [-0.2, 0) is 11.3 Å². The predicted octanol–water partition coefficient (Wildman–Crippen LogP) is 3.29. The van der Waals surface area contributed by atoms with E-state index in [1.807, 2.05) is 13.0 Å². The minimum absolute atomic E-state index is 0.0269. The van der Waals surface area contributed by atoms with E-state index in [9.17, 15) is 14.0 Å². The number of rotatable bonds is 5. The molecule has 0 unspecified atom stereocenters. The van der Waals surface area contributed by atoms with Gasteiger partial charge in [0.25, 0.3) is 5.56 Å². The van der Waals surface area contributed by atoms with E-state index in [4.69, 9.17) is 0 Å². The van der Waals surface area contributed by atoms with E-state index in [0.717, 1.165) is 11.8 Å². The number of thioether (sulfide) groups is 1. The monoisotopic (exact) mass is 357 g/mol. The molecule has 5 nitrogen and oxygen atoms in total. The third kappa shape index (κ3) is 3.71. The van der Waals surface area contributed by atoms with Crippen molar-refractivity contribution in [3.05, 3.63) is 64.7 Å². The van der Waals surface area contributed by atoms with Crippen molar-refractivity contribution in [2.75, 3.05) is 11.1 Å². The number of fused-ring (bicyclic) bond motifs is 1. The molecule has 3 rings (SSSR count). The second kappa shape index (κ2) is 7.48. The van der Waals surface area contributed by atoms with Crippen LogP contribution in [-0.4, -0.2) is 21.2 Å². The summed E-state index contributed by atoms with van der Waals surface area (Å²) >= 11 is 1.15. The lowest BCUT2D eigenvalue weighted by Crippen LogP contribution is -2.23. The Hall–Kier alpha value is -2.67. The lowest BCUT2D eigenvalue weighted by molar-refractivity contribution is -0.113. The Bertz CT molecular complexity index is 987. The van der Waals surface area contributed by atoms with Crippen LogP contribution in [0.2, 0.25) is 0 Å². The van der Waals surface area contributed by atoms with Crippen LogP contribution in [0.25, 0.3) is 10.9 Å². The maximum absolute atomic E-state index is 13.6. The fourth-order valence-electron chi connectivity index (χ4n) is 2.42. The lowest BCUT2D eigenvalue weighted by Gasteiger charge is -2.11. The highest BCUT2D eigenvalue weighted by Crippen LogP contribution is 2.19. The van der Waals surface area contributed by atoms with Gasteiger partial charge in [-0.1, -0.05) is 36.0 Å². The van der Waals surface area contributed by atoms with Crippen LogP contribution in [0.5, 0.6) is 0 Å². The Morgan fingerprint density at radius 3 is 2.68 bits per heavy atom. The molecule has 0 spiro atoms. The molecular formula is C18H16FN3O2S. The quantitative estimate of drug-likeness (QED) is 0.562. The van der Waals surface area contributed by atoms with Crippen LogP contribution < -0.4 is 10.9 Å². The number of amides is 1. The molecule has 1 amide bonds. The van der Waals surface area contributed by atoms with E-state index in [2.05, 4.69) is 10.3 Å². The van der Waals surface area contributed by atoms with Gasteiger partial charge < -0.3 is 5.32 Å². The summed E-state index contributed by atoms with van der Waals surface area (Å²) in [5.41, 5.74) is 0.590. The van der Waals surface area contributed by atoms with Crippen molar-refractivity contribution in [1.29, 1.82) is 0 Å². The largest absolute Gasteiger partial charge is 0.323 e. The minimum Gasteiger partial charge on any atom is -0.323 e. The summed E-state index contributed by atoms with van der Waals surface area (Å²) < 4.78 is 15.1. The van der Waals surface area contributed by atoms with E-state index >= 15 is 0 Å². The van der Waals surface area contributed by atoms with Crippen LogP contribution in [0.4, 0.5) is 10.1 Å². The Kier molecular flexibility index (Phi) is 5.14. The van der Waals surface area contributed by atoms with Crippen LogP contribution in [0.1, 0.15) is 6.92 Å². The summed E-state index contributed by atoms with van der Waals surface area (Å²) in [4.78, 5) is 29.1. The summed E-state index contributed by atoms with van der Waals surface area (Å²) in [6, 6.07) is 13.1. The van der Waals surface area contributed by atoms with Gasteiger partial charge >= 0.3 is 0 Å². The average Bonchev–Trinajstić information content (AvgIpc) is 2.62. The molecule has 0 aliphatic heterocycles. The molecule has 0 radical (unpaired) electrons. The Balaban J connectivity index is 1.80. The first-order valence-electron chi connectivity index (χ1n) is 7.77. The zero-order chi connectivity index (χ0) is 17.8. The average molecular weight is 357 g/mol. The number of benzene rings is 2. The molecule has 0 saturated heterocycles. The fourth-order valence-corrected chi connectivity index (χ4v) is 3.28. The number of aromatic nitrogens is 2. The SMILES string of the molecule is CCn1c(SCC(=O)Nc2ccccc2F)nc2ccccc2c1=O. The summed E-state index contributed by atoms with van der Waals surface area (Å²) in [6.45, 7) is 2.30. The summed E-state index contributed by atoms with van der Waals surface area (Å²) in [7, 11) is 0. The predicted molar refractivity (Wildman–Crippen MR) is 97.4 cm³/mol. The van der Waals surface area contributed by atoms with E-state index < -0.39 is 5.82 Å². The van der Waals surface area contributed by atoms with Crippen LogP contribution in [0, 0.1) is 5.82 Å². The van der Waals surface area contributed by atoms with Crippen molar-refractivity contribution in [1.82, 2.24) is 9.55 Å². The maximum atomic E-state index is 13.6. The van der Waals surface area contributed by atoms with Gasteiger partial charge in [-0.2, -0.15) is 0 Å². The standard InChI is InChI=1S/C18H16FN3O2S/c1-2-22-17(24)12-7-3-5-9-14(12)21-18(22)25-11-16(23)20-15-10-6-4-8-13(15)19/h3-10H,2,11H2,1H3,(H,20,23). The minimum atomic E-state index is -0.491. The van der Waals surface area contributed by atoms with Crippen molar-refractivity contribution >= 4 is 34.3 Å². The maximum Gasteiger partial charge on any atom is 0.262 e. The Labute approximate surface area is 147 Å².